The molecule has 0 fully saturated rings. The van der Waals surface area contributed by atoms with Crippen LogP contribution in [0.1, 0.15) is 24.1 Å². The first-order valence-electron chi connectivity index (χ1n) is 11.5. The minimum absolute atomic E-state index is 0.183. The Morgan fingerprint density at radius 1 is 1.18 bits per heavy atom. The second kappa shape index (κ2) is 10.2. The third-order valence-electron chi connectivity index (χ3n) is 6.34. The van der Waals surface area contributed by atoms with Crippen LogP contribution in [0.4, 0.5) is 8.78 Å². The van der Waals surface area contributed by atoms with Crippen LogP contribution in [0.15, 0.2) is 77.5 Å². The highest BCUT2D eigenvalue weighted by Crippen LogP contribution is 2.37. The van der Waals surface area contributed by atoms with Crippen LogP contribution in [-0.2, 0) is 17.0 Å². The standard InChI is InChI=1S/C26H22F2N6O3S/c1-16(26(36,12-33-14-29-13-31-33)20-8-7-19(27)9-21(20)28)34-15-30-22-10-23(38-24(22)25(34)35)18-5-3-17(4-6-18)11-32-37-2/h3-11,13-16,36H,12H2,1-2H3/b32-11+/t16-,26-/m1/s1. The number of oxime groups is 1. The molecule has 0 saturated heterocycles. The van der Waals surface area contributed by atoms with Gasteiger partial charge >= 0.3 is 0 Å². The number of fused-ring (bicyclic) bond motifs is 1. The maximum atomic E-state index is 14.9. The number of aliphatic hydroxyl groups is 1. The van der Waals surface area contributed by atoms with Gasteiger partial charge in [-0.2, -0.15) is 5.10 Å². The fraction of sp³-hybridized carbons (Fsp3) is 0.192. The van der Waals surface area contributed by atoms with E-state index < -0.39 is 28.8 Å². The molecule has 5 aromatic rings. The average molecular weight is 537 g/mol. The molecule has 3 aromatic heterocycles. The van der Waals surface area contributed by atoms with Crippen molar-refractivity contribution in [1.82, 2.24) is 24.3 Å². The van der Waals surface area contributed by atoms with Gasteiger partial charge in [0.25, 0.3) is 5.56 Å². The molecule has 1 N–H and O–H groups in total. The molecular weight excluding hydrogens is 514 g/mol. The van der Waals surface area contributed by atoms with E-state index in [2.05, 4.69) is 20.2 Å². The first-order chi connectivity index (χ1) is 18.3. The van der Waals surface area contributed by atoms with E-state index in [9.17, 15) is 18.7 Å². The summed E-state index contributed by atoms with van der Waals surface area (Å²) in [5.41, 5.74) is -0.343. The second-order valence-electron chi connectivity index (χ2n) is 8.64. The van der Waals surface area contributed by atoms with Crippen molar-refractivity contribution in [3.8, 4) is 10.4 Å². The maximum Gasteiger partial charge on any atom is 0.271 e. The van der Waals surface area contributed by atoms with Gasteiger partial charge in [-0.05, 0) is 30.2 Å². The molecule has 0 aliphatic heterocycles. The van der Waals surface area contributed by atoms with Crippen molar-refractivity contribution >= 4 is 27.8 Å². The number of thiophene rings is 1. The Bertz CT molecular complexity index is 1670. The molecule has 3 heterocycles. The number of nitrogens with zero attached hydrogens (tertiary/aromatic N) is 6. The molecule has 0 radical (unpaired) electrons. The molecule has 2 aromatic carbocycles. The molecular formula is C26H22F2N6O3S. The molecule has 2 atom stereocenters. The summed E-state index contributed by atoms with van der Waals surface area (Å²) >= 11 is 1.26. The zero-order chi connectivity index (χ0) is 26.9. The molecule has 0 saturated carbocycles. The number of hydrogen-bond acceptors (Lipinski definition) is 8. The summed E-state index contributed by atoms with van der Waals surface area (Å²) in [6.07, 6.45) is 5.54. The Morgan fingerprint density at radius 3 is 2.66 bits per heavy atom. The molecule has 9 nitrogen and oxygen atoms in total. The van der Waals surface area contributed by atoms with Crippen molar-refractivity contribution in [2.24, 2.45) is 5.16 Å². The zero-order valence-corrected chi connectivity index (χ0v) is 21.1. The summed E-state index contributed by atoms with van der Waals surface area (Å²) in [6.45, 7) is 1.33. The molecule has 0 aliphatic carbocycles. The summed E-state index contributed by atoms with van der Waals surface area (Å²) in [6, 6.07) is 11.3. The van der Waals surface area contributed by atoms with E-state index in [1.807, 2.05) is 30.3 Å². The molecule has 38 heavy (non-hydrogen) atoms. The Balaban J connectivity index is 1.56. The summed E-state index contributed by atoms with van der Waals surface area (Å²) in [7, 11) is 1.47. The first-order valence-corrected chi connectivity index (χ1v) is 12.3. The molecule has 5 rings (SSSR count). The van der Waals surface area contributed by atoms with Gasteiger partial charge in [0.1, 0.15) is 41.7 Å². The Kier molecular flexibility index (Phi) is 6.83. The van der Waals surface area contributed by atoms with E-state index in [1.54, 1.807) is 13.1 Å². The monoisotopic (exact) mass is 536 g/mol. The van der Waals surface area contributed by atoms with Gasteiger partial charge in [-0.15, -0.1) is 11.3 Å². The number of halogens is 2. The number of aromatic nitrogens is 5. The minimum atomic E-state index is -2.00. The Labute approximate surface area is 219 Å². The Hall–Kier alpha value is -4.29. The lowest BCUT2D eigenvalue weighted by atomic mass is 9.86. The van der Waals surface area contributed by atoms with Crippen molar-refractivity contribution in [1.29, 1.82) is 0 Å². The predicted molar refractivity (Wildman–Crippen MR) is 139 cm³/mol. The van der Waals surface area contributed by atoms with E-state index in [1.165, 1.54) is 52.7 Å². The second-order valence-corrected chi connectivity index (χ2v) is 9.69. The highest BCUT2D eigenvalue weighted by Gasteiger charge is 2.41. The van der Waals surface area contributed by atoms with Crippen molar-refractivity contribution < 1.29 is 18.7 Å². The third kappa shape index (κ3) is 4.71. The van der Waals surface area contributed by atoms with Crippen LogP contribution in [0, 0.1) is 11.6 Å². The molecule has 194 valence electrons. The molecule has 0 unspecified atom stereocenters. The normalized spacial score (nSPS) is 14.1. The Morgan fingerprint density at radius 2 is 1.97 bits per heavy atom. The maximum absolute atomic E-state index is 14.9. The largest absolute Gasteiger partial charge is 0.399 e. The van der Waals surface area contributed by atoms with Gasteiger partial charge in [0.2, 0.25) is 0 Å². The van der Waals surface area contributed by atoms with Gasteiger partial charge in [0, 0.05) is 16.5 Å². The number of benzene rings is 2. The summed E-state index contributed by atoms with van der Waals surface area (Å²) in [5, 5.41) is 19.6. The quantitative estimate of drug-likeness (QED) is 0.236. The van der Waals surface area contributed by atoms with Crippen LogP contribution in [0.3, 0.4) is 0 Å². The minimum Gasteiger partial charge on any atom is -0.399 e. The highest BCUT2D eigenvalue weighted by atomic mass is 32.1. The van der Waals surface area contributed by atoms with Crippen LogP contribution in [0.2, 0.25) is 0 Å². The van der Waals surface area contributed by atoms with Crippen LogP contribution >= 0.6 is 11.3 Å². The number of hydrogen-bond donors (Lipinski definition) is 1. The SMILES string of the molecule is CO/N=C/c1ccc(-c2cc3ncn([C@H](C)[C@](O)(Cn4cncn4)c4ccc(F)cc4F)c(=O)c3s2)cc1. The fourth-order valence-corrected chi connectivity index (χ4v) is 5.32. The average Bonchev–Trinajstić information content (AvgIpc) is 3.58. The zero-order valence-electron chi connectivity index (χ0n) is 20.3. The lowest BCUT2D eigenvalue weighted by Gasteiger charge is -2.35. The molecule has 0 amide bonds. The van der Waals surface area contributed by atoms with Crippen LogP contribution in [-0.4, -0.2) is 42.7 Å². The van der Waals surface area contributed by atoms with Gasteiger partial charge in [0.15, 0.2) is 0 Å². The summed E-state index contributed by atoms with van der Waals surface area (Å²) < 4.78 is 31.6. The number of rotatable bonds is 8. The van der Waals surface area contributed by atoms with Gasteiger partial charge < -0.3 is 9.94 Å². The molecule has 12 heteroatoms. The summed E-state index contributed by atoms with van der Waals surface area (Å²) in [5.74, 6) is -1.73. The van der Waals surface area contributed by atoms with Gasteiger partial charge in [0.05, 0.1) is 30.6 Å². The van der Waals surface area contributed by atoms with E-state index in [-0.39, 0.29) is 12.1 Å². The lowest BCUT2D eigenvalue weighted by molar-refractivity contribution is -0.0343. The van der Waals surface area contributed by atoms with E-state index in [4.69, 9.17) is 4.84 Å². The topological polar surface area (TPSA) is 107 Å². The van der Waals surface area contributed by atoms with E-state index in [0.717, 1.165) is 22.1 Å². The molecule has 0 spiro atoms. The van der Waals surface area contributed by atoms with Crippen LogP contribution in [0.25, 0.3) is 20.7 Å². The van der Waals surface area contributed by atoms with Gasteiger partial charge in [-0.25, -0.2) is 23.4 Å². The fourth-order valence-electron chi connectivity index (χ4n) is 4.26. The van der Waals surface area contributed by atoms with E-state index in [0.29, 0.717) is 16.3 Å². The van der Waals surface area contributed by atoms with E-state index >= 15 is 0 Å². The third-order valence-corrected chi connectivity index (χ3v) is 7.50. The molecule has 0 aliphatic rings. The highest BCUT2D eigenvalue weighted by molar-refractivity contribution is 7.22. The molecule has 0 bridgehead atoms. The lowest BCUT2D eigenvalue weighted by Crippen LogP contribution is -2.43. The van der Waals surface area contributed by atoms with Gasteiger partial charge in [-0.1, -0.05) is 35.5 Å². The van der Waals surface area contributed by atoms with Crippen molar-refractivity contribution in [2.45, 2.75) is 25.1 Å². The van der Waals surface area contributed by atoms with Gasteiger partial charge in [-0.3, -0.25) is 9.36 Å². The first kappa shape index (κ1) is 25.4. The van der Waals surface area contributed by atoms with Crippen LogP contribution in [0.5, 0.6) is 0 Å². The summed E-state index contributed by atoms with van der Waals surface area (Å²) in [4.78, 5) is 27.5. The van der Waals surface area contributed by atoms with Crippen molar-refractivity contribution in [3.63, 3.8) is 0 Å². The van der Waals surface area contributed by atoms with Crippen LogP contribution < -0.4 is 5.56 Å². The van der Waals surface area contributed by atoms with Crippen molar-refractivity contribution in [3.05, 3.63) is 101 Å². The smallest absolute Gasteiger partial charge is 0.271 e. The van der Waals surface area contributed by atoms with Crippen molar-refractivity contribution in [2.75, 3.05) is 7.11 Å². The predicted octanol–water partition coefficient (Wildman–Crippen LogP) is 4.12.